The molecule has 0 aliphatic carbocycles. The lowest BCUT2D eigenvalue weighted by Crippen LogP contribution is -2.50. The van der Waals surface area contributed by atoms with Crippen LogP contribution in [0.3, 0.4) is 0 Å². The van der Waals surface area contributed by atoms with Crippen molar-refractivity contribution >= 4 is 15.9 Å². The van der Waals surface area contributed by atoms with Crippen molar-refractivity contribution in [3.63, 3.8) is 0 Å². The van der Waals surface area contributed by atoms with Gasteiger partial charge in [-0.15, -0.1) is 0 Å². The highest BCUT2D eigenvalue weighted by Gasteiger charge is 2.42. The second-order valence-corrected chi connectivity index (χ2v) is 9.00. The lowest BCUT2D eigenvalue weighted by atomic mass is 9.94. The van der Waals surface area contributed by atoms with E-state index in [0.29, 0.717) is 65.1 Å². The molecule has 25 heavy (non-hydrogen) atoms. The van der Waals surface area contributed by atoms with E-state index in [1.807, 2.05) is 4.90 Å². The molecular weight excluding hydrogens is 348 g/mol. The van der Waals surface area contributed by atoms with Gasteiger partial charge in [-0.2, -0.15) is 0 Å². The quantitative estimate of drug-likeness (QED) is 0.674. The van der Waals surface area contributed by atoms with E-state index in [1.54, 1.807) is 0 Å². The number of ether oxygens (including phenoxy) is 3. The summed E-state index contributed by atoms with van der Waals surface area (Å²) < 4.78 is 42.1. The molecule has 3 aliphatic rings. The van der Waals surface area contributed by atoms with Crippen LogP contribution in [0.4, 0.5) is 0 Å². The highest BCUT2D eigenvalue weighted by Crippen LogP contribution is 2.32. The van der Waals surface area contributed by atoms with Crippen molar-refractivity contribution in [2.75, 3.05) is 58.9 Å². The zero-order chi connectivity index (χ0) is 17.9. The number of hydrogen-bond donors (Lipinski definition) is 0. The molecule has 0 radical (unpaired) electrons. The third kappa shape index (κ3) is 4.33. The normalized spacial score (nSPS) is 25.6. The van der Waals surface area contributed by atoms with Crippen LogP contribution in [0.2, 0.25) is 0 Å². The van der Waals surface area contributed by atoms with Crippen LogP contribution in [-0.4, -0.2) is 88.2 Å². The molecule has 3 saturated heterocycles. The number of rotatable bonds is 5. The van der Waals surface area contributed by atoms with E-state index in [1.165, 1.54) is 11.4 Å². The fraction of sp³-hybridized carbons (Fsp3) is 0.938. The summed E-state index contributed by atoms with van der Waals surface area (Å²) in [5, 5.41) is 0. The van der Waals surface area contributed by atoms with Crippen LogP contribution < -0.4 is 0 Å². The zero-order valence-electron chi connectivity index (χ0n) is 14.8. The first kappa shape index (κ1) is 19.0. The second-order valence-electron chi connectivity index (χ2n) is 6.92. The van der Waals surface area contributed by atoms with Gasteiger partial charge in [0.25, 0.3) is 0 Å². The number of nitrogens with zero attached hydrogens (tertiary/aromatic N) is 2. The summed E-state index contributed by atoms with van der Waals surface area (Å²) in [4.78, 5) is 14.6. The highest BCUT2D eigenvalue weighted by atomic mass is 32.2. The Morgan fingerprint density at radius 1 is 1.12 bits per heavy atom. The minimum Gasteiger partial charge on any atom is -0.384 e. The van der Waals surface area contributed by atoms with E-state index in [4.69, 9.17) is 14.2 Å². The fourth-order valence-electron chi connectivity index (χ4n) is 3.81. The van der Waals surface area contributed by atoms with E-state index >= 15 is 0 Å². The maximum absolute atomic E-state index is 12.7. The van der Waals surface area contributed by atoms with Gasteiger partial charge in [0, 0.05) is 52.0 Å². The molecule has 144 valence electrons. The summed E-state index contributed by atoms with van der Waals surface area (Å²) in [6, 6.07) is 0. The van der Waals surface area contributed by atoms with Crippen molar-refractivity contribution in [2.24, 2.45) is 5.92 Å². The molecule has 0 unspecified atom stereocenters. The first-order valence-corrected chi connectivity index (χ1v) is 10.6. The Morgan fingerprint density at radius 2 is 1.72 bits per heavy atom. The average molecular weight is 376 g/mol. The zero-order valence-corrected chi connectivity index (χ0v) is 15.6. The van der Waals surface area contributed by atoms with Crippen molar-refractivity contribution in [3.8, 4) is 0 Å². The predicted molar refractivity (Wildman–Crippen MR) is 90.4 cm³/mol. The van der Waals surface area contributed by atoms with Gasteiger partial charge in [0.1, 0.15) is 0 Å². The Kier molecular flexibility index (Phi) is 5.99. The van der Waals surface area contributed by atoms with Gasteiger partial charge in [-0.05, 0) is 12.8 Å². The van der Waals surface area contributed by atoms with Gasteiger partial charge in [-0.3, -0.25) is 4.79 Å². The molecule has 1 spiro atoms. The molecule has 3 aliphatic heterocycles. The molecule has 0 atom stereocenters. The van der Waals surface area contributed by atoms with Crippen molar-refractivity contribution in [2.45, 2.75) is 31.5 Å². The molecule has 0 aromatic carbocycles. The topological polar surface area (TPSA) is 85.4 Å². The summed E-state index contributed by atoms with van der Waals surface area (Å²) in [5.41, 5.74) is 0. The fourth-order valence-corrected chi connectivity index (χ4v) is 5.21. The van der Waals surface area contributed by atoms with Gasteiger partial charge in [0.05, 0.1) is 25.6 Å². The minimum absolute atomic E-state index is 0.00365. The van der Waals surface area contributed by atoms with Crippen LogP contribution in [0.1, 0.15) is 25.7 Å². The van der Waals surface area contributed by atoms with Crippen molar-refractivity contribution in [1.29, 1.82) is 0 Å². The van der Waals surface area contributed by atoms with Crippen LogP contribution >= 0.6 is 0 Å². The Hall–Kier alpha value is -0.740. The lowest BCUT2D eigenvalue weighted by Gasteiger charge is -2.40. The molecule has 0 aromatic rings. The molecule has 0 aromatic heterocycles. The molecule has 0 bridgehead atoms. The van der Waals surface area contributed by atoms with Crippen molar-refractivity contribution in [1.82, 2.24) is 9.21 Å². The number of carbonyl (C=O) groups is 1. The maximum atomic E-state index is 12.7. The Balaban J connectivity index is 1.47. The van der Waals surface area contributed by atoms with Crippen LogP contribution in [0.15, 0.2) is 0 Å². The summed E-state index contributed by atoms with van der Waals surface area (Å²) in [7, 11) is -1.79. The number of methoxy groups -OCH3 is 1. The molecule has 0 N–H and O–H groups in total. The summed E-state index contributed by atoms with van der Waals surface area (Å²) >= 11 is 0. The largest absolute Gasteiger partial charge is 0.384 e. The summed E-state index contributed by atoms with van der Waals surface area (Å²) in [6.07, 6.45) is 2.59. The van der Waals surface area contributed by atoms with E-state index in [2.05, 4.69) is 0 Å². The van der Waals surface area contributed by atoms with E-state index < -0.39 is 15.8 Å². The van der Waals surface area contributed by atoms with Gasteiger partial charge in [0.15, 0.2) is 5.79 Å². The van der Waals surface area contributed by atoms with Crippen LogP contribution in [-0.2, 0) is 29.0 Å². The smallest absolute Gasteiger partial charge is 0.225 e. The van der Waals surface area contributed by atoms with Gasteiger partial charge in [-0.25, -0.2) is 12.7 Å². The molecule has 3 rings (SSSR count). The van der Waals surface area contributed by atoms with Crippen LogP contribution in [0, 0.1) is 5.92 Å². The molecule has 8 nitrogen and oxygen atoms in total. The summed E-state index contributed by atoms with van der Waals surface area (Å²) in [5.74, 6) is -0.429. The molecule has 1 amide bonds. The standard InChI is InChI=1S/C16H28N2O6S/c1-22-12-13-25(20,21)18-6-2-14(3-7-18)15(19)17-8-4-16(5-9-17)23-10-11-24-16/h14H,2-13H2,1H3. The van der Waals surface area contributed by atoms with Crippen molar-refractivity contribution in [3.05, 3.63) is 0 Å². The maximum Gasteiger partial charge on any atom is 0.225 e. The molecule has 0 saturated carbocycles. The van der Waals surface area contributed by atoms with Gasteiger partial charge < -0.3 is 19.1 Å². The average Bonchev–Trinajstić information content (AvgIpc) is 3.08. The molecule has 3 heterocycles. The summed E-state index contributed by atoms with van der Waals surface area (Å²) in [6.45, 7) is 3.56. The Morgan fingerprint density at radius 3 is 2.28 bits per heavy atom. The van der Waals surface area contributed by atoms with Crippen LogP contribution in [0.5, 0.6) is 0 Å². The molecule has 9 heteroatoms. The predicted octanol–water partition coefficient (Wildman–Crippen LogP) is 0.0401. The number of piperidine rings is 2. The molecular formula is C16H28N2O6S. The first-order chi connectivity index (χ1) is 12.0. The lowest BCUT2D eigenvalue weighted by molar-refractivity contribution is -0.188. The monoisotopic (exact) mass is 376 g/mol. The van der Waals surface area contributed by atoms with Gasteiger partial charge in [0.2, 0.25) is 15.9 Å². The second kappa shape index (κ2) is 7.87. The number of likely N-dealkylation sites (tertiary alicyclic amines) is 1. The molecule has 3 fully saturated rings. The Bertz CT molecular complexity index is 557. The van der Waals surface area contributed by atoms with Crippen LogP contribution in [0.25, 0.3) is 0 Å². The van der Waals surface area contributed by atoms with Crippen molar-refractivity contribution < 1.29 is 27.4 Å². The van der Waals surface area contributed by atoms with E-state index in [-0.39, 0.29) is 24.2 Å². The number of carbonyl (C=O) groups excluding carboxylic acids is 1. The first-order valence-electron chi connectivity index (χ1n) is 8.99. The third-order valence-corrected chi connectivity index (χ3v) is 7.23. The van der Waals surface area contributed by atoms with E-state index in [9.17, 15) is 13.2 Å². The van der Waals surface area contributed by atoms with E-state index in [0.717, 1.165) is 0 Å². The van der Waals surface area contributed by atoms with Gasteiger partial charge in [-0.1, -0.05) is 0 Å². The third-order valence-electron chi connectivity index (χ3n) is 5.39. The SMILES string of the molecule is COCCS(=O)(=O)N1CCC(C(=O)N2CCC3(CC2)OCCO3)CC1. The number of hydrogen-bond acceptors (Lipinski definition) is 6. The number of sulfonamides is 1. The number of amides is 1. The van der Waals surface area contributed by atoms with Gasteiger partial charge >= 0.3 is 0 Å². The highest BCUT2D eigenvalue weighted by molar-refractivity contribution is 7.89. The Labute approximate surface area is 149 Å². The minimum atomic E-state index is -3.28.